The van der Waals surface area contributed by atoms with Crippen LogP contribution in [0.15, 0.2) is 24.3 Å². The van der Waals surface area contributed by atoms with Gasteiger partial charge in [-0.1, -0.05) is 25.0 Å². The molecule has 0 radical (unpaired) electrons. The van der Waals surface area contributed by atoms with Crippen LogP contribution >= 0.6 is 0 Å². The third-order valence-electron chi connectivity index (χ3n) is 4.63. The van der Waals surface area contributed by atoms with Crippen molar-refractivity contribution in [2.45, 2.75) is 52.5 Å². The molecule has 1 fully saturated rings. The highest BCUT2D eigenvalue weighted by Crippen LogP contribution is 2.22. The fourth-order valence-corrected chi connectivity index (χ4v) is 3.08. The van der Waals surface area contributed by atoms with Gasteiger partial charge in [0, 0.05) is 17.4 Å². The molecule has 0 unspecified atom stereocenters. The minimum Gasteiger partial charge on any atom is -0.348 e. The molecule has 1 heterocycles. The summed E-state index contributed by atoms with van der Waals surface area (Å²) in [5.41, 5.74) is 4.51. The van der Waals surface area contributed by atoms with Gasteiger partial charge in [0.05, 0.1) is 0 Å². The lowest BCUT2D eigenvalue weighted by atomic mass is 10.1. The van der Waals surface area contributed by atoms with E-state index >= 15 is 0 Å². The molecule has 126 valence electrons. The standard InChI is InChI=1S/C19H24N4O/c1-12-7-6-10-16(14(12)3)22-19-20-13(2)11-17(23-19)18(24)21-15-8-4-5-9-15/h6-7,10-11,15H,4-5,8-9H2,1-3H3,(H,21,24)(H,20,22,23). The molecule has 0 saturated heterocycles. The average Bonchev–Trinajstić information content (AvgIpc) is 3.04. The van der Waals surface area contributed by atoms with E-state index in [0.717, 1.165) is 29.8 Å². The van der Waals surface area contributed by atoms with Crippen molar-refractivity contribution in [3.63, 3.8) is 0 Å². The highest BCUT2D eigenvalue weighted by Gasteiger charge is 2.19. The molecule has 1 aliphatic rings. The van der Waals surface area contributed by atoms with Crippen LogP contribution < -0.4 is 10.6 Å². The summed E-state index contributed by atoms with van der Waals surface area (Å²) in [6.07, 6.45) is 4.49. The van der Waals surface area contributed by atoms with Crippen LogP contribution in [-0.2, 0) is 0 Å². The molecule has 0 spiro atoms. The average molecular weight is 324 g/mol. The predicted molar refractivity (Wildman–Crippen MR) is 95.7 cm³/mol. The van der Waals surface area contributed by atoms with E-state index in [1.807, 2.05) is 19.1 Å². The summed E-state index contributed by atoms with van der Waals surface area (Å²) >= 11 is 0. The predicted octanol–water partition coefficient (Wildman–Crippen LogP) is 3.82. The lowest BCUT2D eigenvalue weighted by Crippen LogP contribution is -2.33. The topological polar surface area (TPSA) is 66.9 Å². The molecular formula is C19H24N4O. The van der Waals surface area contributed by atoms with Crippen LogP contribution in [0.25, 0.3) is 0 Å². The van der Waals surface area contributed by atoms with Gasteiger partial charge in [0.1, 0.15) is 5.69 Å². The van der Waals surface area contributed by atoms with E-state index in [1.54, 1.807) is 6.07 Å². The molecule has 3 rings (SSSR count). The van der Waals surface area contributed by atoms with Crippen molar-refractivity contribution in [1.82, 2.24) is 15.3 Å². The molecule has 2 N–H and O–H groups in total. The first-order valence-electron chi connectivity index (χ1n) is 8.53. The zero-order chi connectivity index (χ0) is 17.1. The maximum atomic E-state index is 12.4. The number of hydrogen-bond donors (Lipinski definition) is 2. The Morgan fingerprint density at radius 2 is 1.88 bits per heavy atom. The molecule has 24 heavy (non-hydrogen) atoms. The van der Waals surface area contributed by atoms with Gasteiger partial charge in [-0.3, -0.25) is 4.79 Å². The van der Waals surface area contributed by atoms with E-state index in [-0.39, 0.29) is 11.9 Å². The first-order chi connectivity index (χ1) is 11.5. The fourth-order valence-electron chi connectivity index (χ4n) is 3.08. The van der Waals surface area contributed by atoms with Gasteiger partial charge in [0.15, 0.2) is 0 Å². The molecule has 0 aliphatic heterocycles. The second kappa shape index (κ2) is 6.99. The van der Waals surface area contributed by atoms with Gasteiger partial charge in [-0.05, 0) is 56.9 Å². The van der Waals surface area contributed by atoms with E-state index in [4.69, 9.17) is 0 Å². The number of aryl methyl sites for hydroxylation is 2. The Morgan fingerprint density at radius 3 is 2.62 bits per heavy atom. The Bertz CT molecular complexity index is 751. The Labute approximate surface area is 142 Å². The van der Waals surface area contributed by atoms with Gasteiger partial charge in [-0.2, -0.15) is 0 Å². The highest BCUT2D eigenvalue weighted by molar-refractivity contribution is 5.93. The molecule has 2 aromatic rings. The Morgan fingerprint density at radius 1 is 1.12 bits per heavy atom. The van der Waals surface area contributed by atoms with Crippen LogP contribution in [0, 0.1) is 20.8 Å². The van der Waals surface area contributed by atoms with Crippen molar-refractivity contribution >= 4 is 17.5 Å². The zero-order valence-corrected chi connectivity index (χ0v) is 14.5. The molecule has 1 aliphatic carbocycles. The Hall–Kier alpha value is -2.43. The van der Waals surface area contributed by atoms with Gasteiger partial charge in [0.25, 0.3) is 5.91 Å². The summed E-state index contributed by atoms with van der Waals surface area (Å²) in [5, 5.41) is 6.32. The number of rotatable bonds is 4. The van der Waals surface area contributed by atoms with Gasteiger partial charge in [-0.25, -0.2) is 9.97 Å². The molecule has 5 heteroatoms. The van der Waals surface area contributed by atoms with Gasteiger partial charge < -0.3 is 10.6 Å². The summed E-state index contributed by atoms with van der Waals surface area (Å²) in [7, 11) is 0. The maximum absolute atomic E-state index is 12.4. The van der Waals surface area contributed by atoms with E-state index in [1.165, 1.54) is 18.4 Å². The number of carbonyl (C=O) groups is 1. The van der Waals surface area contributed by atoms with Crippen LogP contribution in [0.3, 0.4) is 0 Å². The number of nitrogens with zero attached hydrogens (tertiary/aromatic N) is 2. The van der Waals surface area contributed by atoms with Gasteiger partial charge >= 0.3 is 0 Å². The lowest BCUT2D eigenvalue weighted by Gasteiger charge is -2.14. The first kappa shape index (κ1) is 16.4. The molecule has 5 nitrogen and oxygen atoms in total. The van der Waals surface area contributed by atoms with E-state index in [0.29, 0.717) is 11.6 Å². The number of carbonyl (C=O) groups excluding carboxylic acids is 1. The van der Waals surface area contributed by atoms with Crippen LogP contribution in [0.1, 0.15) is 53.0 Å². The van der Waals surface area contributed by atoms with E-state index in [2.05, 4.69) is 40.5 Å². The molecular weight excluding hydrogens is 300 g/mol. The number of anilines is 2. The summed E-state index contributed by atoms with van der Waals surface area (Å²) in [4.78, 5) is 21.3. The van der Waals surface area contributed by atoms with Crippen molar-refractivity contribution in [3.8, 4) is 0 Å². The maximum Gasteiger partial charge on any atom is 0.270 e. The van der Waals surface area contributed by atoms with Crippen molar-refractivity contribution < 1.29 is 4.79 Å². The molecule has 0 atom stereocenters. The van der Waals surface area contributed by atoms with Crippen LogP contribution in [0.4, 0.5) is 11.6 Å². The SMILES string of the molecule is Cc1cc(C(=O)NC2CCCC2)nc(Nc2cccc(C)c2C)n1. The number of amides is 1. The number of hydrogen-bond acceptors (Lipinski definition) is 4. The van der Waals surface area contributed by atoms with E-state index in [9.17, 15) is 4.79 Å². The number of nitrogens with one attached hydrogen (secondary N) is 2. The monoisotopic (exact) mass is 324 g/mol. The van der Waals surface area contributed by atoms with E-state index < -0.39 is 0 Å². The van der Waals surface area contributed by atoms with Crippen molar-refractivity contribution in [1.29, 1.82) is 0 Å². The molecule has 1 saturated carbocycles. The molecule has 0 bridgehead atoms. The molecule has 1 aromatic carbocycles. The summed E-state index contributed by atoms with van der Waals surface area (Å²) in [6, 6.07) is 8.07. The number of benzene rings is 1. The smallest absolute Gasteiger partial charge is 0.270 e. The number of aromatic nitrogens is 2. The van der Waals surface area contributed by atoms with Crippen molar-refractivity contribution in [2.75, 3.05) is 5.32 Å². The summed E-state index contributed by atoms with van der Waals surface area (Å²) in [5.74, 6) is 0.344. The first-order valence-corrected chi connectivity index (χ1v) is 8.53. The minimum absolute atomic E-state index is 0.114. The highest BCUT2D eigenvalue weighted by atomic mass is 16.1. The largest absolute Gasteiger partial charge is 0.348 e. The summed E-state index contributed by atoms with van der Waals surface area (Å²) in [6.45, 7) is 6.00. The normalized spacial score (nSPS) is 14.6. The van der Waals surface area contributed by atoms with Crippen molar-refractivity contribution in [2.24, 2.45) is 0 Å². The fraction of sp³-hybridized carbons (Fsp3) is 0.421. The third-order valence-corrected chi connectivity index (χ3v) is 4.63. The van der Waals surface area contributed by atoms with Gasteiger partial charge in [-0.15, -0.1) is 0 Å². The van der Waals surface area contributed by atoms with Crippen LogP contribution in [0.2, 0.25) is 0 Å². The Balaban J connectivity index is 1.80. The molecule has 1 amide bonds. The molecule has 1 aromatic heterocycles. The minimum atomic E-state index is -0.114. The zero-order valence-electron chi connectivity index (χ0n) is 14.5. The lowest BCUT2D eigenvalue weighted by molar-refractivity contribution is 0.0932. The summed E-state index contributed by atoms with van der Waals surface area (Å²) < 4.78 is 0. The van der Waals surface area contributed by atoms with Crippen LogP contribution in [0.5, 0.6) is 0 Å². The quantitative estimate of drug-likeness (QED) is 0.897. The second-order valence-corrected chi connectivity index (χ2v) is 6.55. The third kappa shape index (κ3) is 3.72. The second-order valence-electron chi connectivity index (χ2n) is 6.55. The van der Waals surface area contributed by atoms with Crippen LogP contribution in [-0.4, -0.2) is 21.9 Å². The van der Waals surface area contributed by atoms with Gasteiger partial charge in [0.2, 0.25) is 5.95 Å². The van der Waals surface area contributed by atoms with Crippen molar-refractivity contribution in [3.05, 3.63) is 46.8 Å². The Kier molecular flexibility index (Phi) is 4.79.